The minimum absolute atomic E-state index is 0. The molecule has 122 valence electrons. The van der Waals surface area contributed by atoms with Crippen molar-refractivity contribution in [3.05, 3.63) is 35.9 Å². The molecule has 6 heteroatoms. The highest BCUT2D eigenvalue weighted by Crippen LogP contribution is 2.19. The summed E-state index contributed by atoms with van der Waals surface area (Å²) in [6, 6.07) is 9.67. The molecule has 0 aromatic heterocycles. The zero-order valence-electron chi connectivity index (χ0n) is 12.7. The third kappa shape index (κ3) is 7.67. The maximum absolute atomic E-state index is 12.3. The van der Waals surface area contributed by atoms with Crippen molar-refractivity contribution in [3.8, 4) is 0 Å². The number of hydrogen-bond donors (Lipinski definition) is 2. The average molecular weight is 336 g/mol. The molecule has 1 unspecified atom stereocenters. The molecule has 0 fully saturated rings. The van der Waals surface area contributed by atoms with E-state index in [0.29, 0.717) is 13.1 Å². The molecule has 1 aromatic carbocycles. The fourth-order valence-electron chi connectivity index (χ4n) is 2.00. The van der Waals surface area contributed by atoms with E-state index < -0.39 is 0 Å². The van der Waals surface area contributed by atoms with Gasteiger partial charge in [-0.3, -0.25) is 9.69 Å². The van der Waals surface area contributed by atoms with Crippen molar-refractivity contribution in [1.29, 1.82) is 0 Å². The monoisotopic (exact) mass is 335 g/mol. The molecular weight excluding hydrogens is 309 g/mol. The van der Waals surface area contributed by atoms with Crippen molar-refractivity contribution in [2.24, 2.45) is 5.73 Å². The van der Waals surface area contributed by atoms with Gasteiger partial charge in [0.2, 0.25) is 5.91 Å². The highest BCUT2D eigenvalue weighted by atomic mass is 35.5. The second kappa shape index (κ2) is 12.9. The lowest BCUT2D eigenvalue weighted by Crippen LogP contribution is -2.39. The van der Waals surface area contributed by atoms with Crippen LogP contribution in [0.1, 0.15) is 31.4 Å². The molecule has 21 heavy (non-hydrogen) atoms. The Kier molecular flexibility index (Phi) is 13.8. The van der Waals surface area contributed by atoms with Crippen molar-refractivity contribution in [1.82, 2.24) is 10.2 Å². The van der Waals surface area contributed by atoms with Crippen LogP contribution in [0.5, 0.6) is 0 Å². The summed E-state index contributed by atoms with van der Waals surface area (Å²) in [4.78, 5) is 14.4. The van der Waals surface area contributed by atoms with Gasteiger partial charge in [0.15, 0.2) is 0 Å². The van der Waals surface area contributed by atoms with Crippen LogP contribution in [0.25, 0.3) is 0 Å². The number of benzene rings is 1. The second-order valence-corrected chi connectivity index (χ2v) is 4.67. The topological polar surface area (TPSA) is 58.4 Å². The summed E-state index contributed by atoms with van der Waals surface area (Å²) in [5, 5.41) is 3.00. The number of nitrogens with zero attached hydrogens (tertiary/aromatic N) is 1. The van der Waals surface area contributed by atoms with Crippen LogP contribution >= 0.6 is 24.8 Å². The zero-order valence-corrected chi connectivity index (χ0v) is 14.4. The largest absolute Gasteiger partial charge is 0.354 e. The SMILES string of the molecule is CCN(C)C(C(=O)NCCCCN)c1ccccc1.Cl.Cl. The first kappa shape index (κ1) is 22.5. The number of rotatable bonds is 8. The summed E-state index contributed by atoms with van der Waals surface area (Å²) >= 11 is 0. The van der Waals surface area contributed by atoms with Crippen molar-refractivity contribution < 1.29 is 4.79 Å². The minimum Gasteiger partial charge on any atom is -0.354 e. The van der Waals surface area contributed by atoms with Gasteiger partial charge in [0.1, 0.15) is 6.04 Å². The molecule has 0 aliphatic rings. The maximum atomic E-state index is 12.3. The summed E-state index contributed by atoms with van der Waals surface area (Å²) in [6.45, 7) is 4.25. The Morgan fingerprint density at radius 2 is 1.86 bits per heavy atom. The van der Waals surface area contributed by atoms with Crippen molar-refractivity contribution >= 4 is 30.7 Å². The summed E-state index contributed by atoms with van der Waals surface area (Å²) in [6.07, 6.45) is 1.87. The van der Waals surface area contributed by atoms with E-state index in [4.69, 9.17) is 5.73 Å². The average Bonchev–Trinajstić information content (AvgIpc) is 2.45. The summed E-state index contributed by atoms with van der Waals surface area (Å²) < 4.78 is 0. The molecule has 0 aliphatic carbocycles. The predicted octanol–water partition coefficient (Wildman–Crippen LogP) is 2.38. The first-order valence-corrected chi connectivity index (χ1v) is 6.93. The van der Waals surface area contributed by atoms with Gasteiger partial charge in [-0.05, 0) is 38.5 Å². The molecule has 1 atom stereocenters. The van der Waals surface area contributed by atoms with Gasteiger partial charge in [-0.15, -0.1) is 24.8 Å². The van der Waals surface area contributed by atoms with E-state index >= 15 is 0 Å². The summed E-state index contributed by atoms with van der Waals surface area (Å²) in [5.41, 5.74) is 6.48. The lowest BCUT2D eigenvalue weighted by atomic mass is 10.0. The van der Waals surface area contributed by atoms with Crippen LogP contribution in [0.4, 0.5) is 0 Å². The van der Waals surface area contributed by atoms with Crippen molar-refractivity contribution in [2.45, 2.75) is 25.8 Å². The first-order valence-electron chi connectivity index (χ1n) is 6.93. The zero-order chi connectivity index (χ0) is 14.1. The van der Waals surface area contributed by atoms with Gasteiger partial charge >= 0.3 is 0 Å². The van der Waals surface area contributed by atoms with Gasteiger partial charge in [0.05, 0.1) is 0 Å². The van der Waals surface area contributed by atoms with E-state index in [-0.39, 0.29) is 36.8 Å². The quantitative estimate of drug-likeness (QED) is 0.717. The number of carbonyl (C=O) groups is 1. The molecule has 0 heterocycles. The lowest BCUT2D eigenvalue weighted by Gasteiger charge is -2.26. The molecule has 1 amide bonds. The van der Waals surface area contributed by atoms with Gasteiger partial charge in [0, 0.05) is 6.54 Å². The number of nitrogens with two attached hydrogens (primary N) is 1. The molecule has 0 aliphatic heterocycles. The number of likely N-dealkylation sites (N-methyl/N-ethyl adjacent to an activating group) is 1. The molecule has 0 saturated carbocycles. The van der Waals surface area contributed by atoms with E-state index in [1.807, 2.05) is 42.3 Å². The van der Waals surface area contributed by atoms with Crippen molar-refractivity contribution in [3.63, 3.8) is 0 Å². The molecule has 1 rings (SSSR count). The number of nitrogens with one attached hydrogen (secondary N) is 1. The molecule has 0 bridgehead atoms. The Labute approximate surface area is 140 Å². The van der Waals surface area contributed by atoms with E-state index in [1.54, 1.807) is 0 Å². The number of hydrogen-bond acceptors (Lipinski definition) is 3. The fourth-order valence-corrected chi connectivity index (χ4v) is 2.00. The van der Waals surface area contributed by atoms with E-state index in [1.165, 1.54) is 0 Å². The van der Waals surface area contributed by atoms with E-state index in [2.05, 4.69) is 12.2 Å². The van der Waals surface area contributed by atoms with Gasteiger partial charge in [0.25, 0.3) is 0 Å². The van der Waals surface area contributed by atoms with Crippen LogP contribution in [0.15, 0.2) is 30.3 Å². The van der Waals surface area contributed by atoms with Gasteiger partial charge < -0.3 is 11.1 Å². The fraction of sp³-hybridized carbons (Fsp3) is 0.533. The van der Waals surface area contributed by atoms with Crippen LogP contribution in [-0.4, -0.2) is 37.5 Å². The third-order valence-electron chi connectivity index (χ3n) is 3.23. The second-order valence-electron chi connectivity index (χ2n) is 4.67. The van der Waals surface area contributed by atoms with Crippen molar-refractivity contribution in [2.75, 3.05) is 26.7 Å². The molecule has 0 radical (unpaired) electrons. The molecule has 4 nitrogen and oxygen atoms in total. The third-order valence-corrected chi connectivity index (χ3v) is 3.23. The Bertz CT molecular complexity index is 376. The highest BCUT2D eigenvalue weighted by Gasteiger charge is 2.23. The first-order chi connectivity index (χ1) is 9.20. The van der Waals surface area contributed by atoms with Crippen LogP contribution in [-0.2, 0) is 4.79 Å². The number of carbonyl (C=O) groups excluding carboxylic acids is 1. The van der Waals surface area contributed by atoms with Crippen LogP contribution < -0.4 is 11.1 Å². The van der Waals surface area contributed by atoms with Crippen LogP contribution in [0, 0.1) is 0 Å². The summed E-state index contributed by atoms with van der Waals surface area (Å²) in [7, 11) is 1.97. The number of unbranched alkanes of at least 4 members (excludes halogenated alkanes) is 1. The highest BCUT2D eigenvalue weighted by molar-refractivity contribution is 5.85. The standard InChI is InChI=1S/C15H25N3O.2ClH/c1-3-18(2)14(13-9-5-4-6-10-13)15(19)17-12-8-7-11-16;;/h4-6,9-10,14H,3,7-8,11-12,16H2,1-2H3,(H,17,19);2*1H. The normalized spacial score (nSPS) is 11.2. The maximum Gasteiger partial charge on any atom is 0.241 e. The van der Waals surface area contributed by atoms with Gasteiger partial charge in [-0.2, -0.15) is 0 Å². The molecule has 0 saturated heterocycles. The minimum atomic E-state index is -0.218. The molecule has 0 spiro atoms. The smallest absolute Gasteiger partial charge is 0.241 e. The Hall–Kier alpha value is -0.810. The predicted molar refractivity (Wildman–Crippen MR) is 93.3 cm³/mol. The van der Waals surface area contributed by atoms with E-state index in [0.717, 1.165) is 24.9 Å². The van der Waals surface area contributed by atoms with Crippen LogP contribution in [0.3, 0.4) is 0 Å². The summed E-state index contributed by atoms with van der Waals surface area (Å²) in [5.74, 6) is 0.0626. The van der Waals surface area contributed by atoms with Gasteiger partial charge in [-0.25, -0.2) is 0 Å². The lowest BCUT2D eigenvalue weighted by molar-refractivity contribution is -0.126. The molecule has 3 N–H and O–H groups in total. The molecular formula is C15H27Cl2N3O. The Morgan fingerprint density at radius 1 is 1.24 bits per heavy atom. The van der Waals surface area contributed by atoms with Crippen LogP contribution in [0.2, 0.25) is 0 Å². The molecule has 1 aromatic rings. The van der Waals surface area contributed by atoms with Gasteiger partial charge in [-0.1, -0.05) is 37.3 Å². The Balaban J connectivity index is 0. The number of amides is 1. The van der Waals surface area contributed by atoms with E-state index in [9.17, 15) is 4.79 Å². The number of halogens is 2. The Morgan fingerprint density at radius 3 is 2.38 bits per heavy atom.